The zero-order valence-electron chi connectivity index (χ0n) is 12.3. The highest BCUT2D eigenvalue weighted by atomic mass is 16.5. The Kier molecular flexibility index (Phi) is 4.50. The Hall–Kier alpha value is -2.04. The number of carboxylic acids is 1. The van der Waals surface area contributed by atoms with Crippen molar-refractivity contribution in [2.75, 3.05) is 0 Å². The number of benzene rings is 1. The number of carbonyl (C=O) groups excluding carboxylic acids is 1. The first-order valence-corrected chi connectivity index (χ1v) is 7.11. The van der Waals surface area contributed by atoms with Gasteiger partial charge in [-0.3, -0.25) is 4.79 Å². The van der Waals surface area contributed by atoms with Crippen molar-refractivity contribution in [1.82, 2.24) is 5.32 Å². The van der Waals surface area contributed by atoms with Gasteiger partial charge in [-0.15, -0.1) is 0 Å². The Morgan fingerprint density at radius 1 is 1.43 bits per heavy atom. The van der Waals surface area contributed by atoms with Gasteiger partial charge >= 0.3 is 12.1 Å². The van der Waals surface area contributed by atoms with Crippen LogP contribution in [0.25, 0.3) is 0 Å². The molecule has 0 aromatic heterocycles. The van der Waals surface area contributed by atoms with Crippen molar-refractivity contribution in [3.63, 3.8) is 0 Å². The molecule has 21 heavy (non-hydrogen) atoms. The Morgan fingerprint density at radius 2 is 2.05 bits per heavy atom. The fraction of sp³-hybridized carbons (Fsp3) is 0.500. The average molecular weight is 291 g/mol. The topological polar surface area (TPSA) is 75.6 Å². The van der Waals surface area contributed by atoms with Crippen LogP contribution in [0, 0.1) is 11.3 Å². The molecule has 1 amide bonds. The number of carboxylic acid groups (broad SMARTS) is 1. The molecule has 1 saturated carbocycles. The molecule has 114 valence electrons. The van der Waals surface area contributed by atoms with E-state index in [0.717, 1.165) is 12.0 Å². The maximum absolute atomic E-state index is 11.9. The van der Waals surface area contributed by atoms with Gasteiger partial charge in [-0.25, -0.2) is 4.79 Å². The summed E-state index contributed by atoms with van der Waals surface area (Å²) in [7, 11) is 0. The lowest BCUT2D eigenvalue weighted by atomic mass is 9.93. The highest BCUT2D eigenvalue weighted by Crippen LogP contribution is 2.55. The number of hydrogen-bond acceptors (Lipinski definition) is 3. The lowest BCUT2D eigenvalue weighted by molar-refractivity contribution is -0.138. The maximum Gasteiger partial charge on any atom is 0.407 e. The standard InChI is InChI=1S/C16H21NO4/c1-11-9-16(11,2)13(8-14(18)19)17-15(20)21-10-12-6-4-3-5-7-12/h3-7,11,13H,8-10H2,1-2H3,(H,17,20)(H,18,19). The van der Waals surface area contributed by atoms with Crippen LogP contribution in [0.4, 0.5) is 4.79 Å². The summed E-state index contributed by atoms with van der Waals surface area (Å²) in [5.41, 5.74) is 0.748. The third kappa shape index (κ3) is 3.97. The second-order valence-corrected chi connectivity index (χ2v) is 5.97. The molecule has 2 N–H and O–H groups in total. The van der Waals surface area contributed by atoms with Crippen molar-refractivity contribution in [2.45, 2.75) is 39.3 Å². The van der Waals surface area contributed by atoms with Crippen LogP contribution in [-0.2, 0) is 16.1 Å². The first kappa shape index (κ1) is 15.4. The Labute approximate surface area is 124 Å². The van der Waals surface area contributed by atoms with Crippen LogP contribution in [0.2, 0.25) is 0 Å². The minimum Gasteiger partial charge on any atom is -0.481 e. The second-order valence-electron chi connectivity index (χ2n) is 5.97. The fourth-order valence-corrected chi connectivity index (χ4v) is 2.62. The number of ether oxygens (including phenoxy) is 1. The second kappa shape index (κ2) is 6.16. The van der Waals surface area contributed by atoms with E-state index in [9.17, 15) is 9.59 Å². The molecule has 1 aliphatic rings. The molecule has 0 bridgehead atoms. The van der Waals surface area contributed by atoms with E-state index in [-0.39, 0.29) is 18.4 Å². The summed E-state index contributed by atoms with van der Waals surface area (Å²) >= 11 is 0. The molecule has 0 spiro atoms. The normalized spacial score (nSPS) is 25.0. The molecule has 3 atom stereocenters. The summed E-state index contributed by atoms with van der Waals surface area (Å²) in [4.78, 5) is 22.8. The SMILES string of the molecule is CC1CC1(C)C(CC(=O)O)NC(=O)OCc1ccccc1. The van der Waals surface area contributed by atoms with Gasteiger partial charge in [0, 0.05) is 6.04 Å². The van der Waals surface area contributed by atoms with Gasteiger partial charge in [0.05, 0.1) is 6.42 Å². The van der Waals surface area contributed by atoms with Crippen LogP contribution in [-0.4, -0.2) is 23.2 Å². The molecule has 0 radical (unpaired) electrons. The molecule has 1 fully saturated rings. The van der Waals surface area contributed by atoms with E-state index in [1.165, 1.54) is 0 Å². The van der Waals surface area contributed by atoms with E-state index in [4.69, 9.17) is 9.84 Å². The van der Waals surface area contributed by atoms with E-state index in [0.29, 0.717) is 5.92 Å². The van der Waals surface area contributed by atoms with E-state index >= 15 is 0 Å². The fourth-order valence-electron chi connectivity index (χ4n) is 2.62. The van der Waals surface area contributed by atoms with Crippen molar-refractivity contribution in [3.05, 3.63) is 35.9 Å². The number of aliphatic carboxylic acids is 1. The quantitative estimate of drug-likeness (QED) is 0.845. The van der Waals surface area contributed by atoms with Gasteiger partial charge in [0.1, 0.15) is 6.61 Å². The molecule has 0 saturated heterocycles. The van der Waals surface area contributed by atoms with Crippen LogP contribution in [0.5, 0.6) is 0 Å². The highest BCUT2D eigenvalue weighted by Gasteiger charge is 2.53. The third-order valence-corrected chi connectivity index (χ3v) is 4.39. The number of nitrogens with one attached hydrogen (secondary N) is 1. The number of rotatable bonds is 6. The van der Waals surface area contributed by atoms with Crippen molar-refractivity contribution >= 4 is 12.1 Å². The number of amides is 1. The molecule has 3 unspecified atom stereocenters. The van der Waals surface area contributed by atoms with E-state index in [1.54, 1.807) is 0 Å². The predicted octanol–water partition coefficient (Wildman–Crippen LogP) is 2.80. The van der Waals surface area contributed by atoms with Gasteiger partial charge in [-0.1, -0.05) is 44.2 Å². The Morgan fingerprint density at radius 3 is 2.57 bits per heavy atom. The molecule has 1 aromatic carbocycles. The minimum atomic E-state index is -0.913. The average Bonchev–Trinajstić information content (AvgIpc) is 3.05. The number of hydrogen-bond donors (Lipinski definition) is 2. The minimum absolute atomic E-state index is 0.0821. The molecule has 1 aromatic rings. The zero-order valence-corrected chi connectivity index (χ0v) is 12.3. The smallest absolute Gasteiger partial charge is 0.407 e. The predicted molar refractivity (Wildman–Crippen MR) is 77.7 cm³/mol. The van der Waals surface area contributed by atoms with Crippen molar-refractivity contribution < 1.29 is 19.4 Å². The van der Waals surface area contributed by atoms with Crippen molar-refractivity contribution in [3.8, 4) is 0 Å². The molecule has 0 heterocycles. The summed E-state index contributed by atoms with van der Waals surface area (Å²) < 4.78 is 5.16. The summed E-state index contributed by atoms with van der Waals surface area (Å²) in [5, 5.41) is 11.7. The van der Waals surface area contributed by atoms with Crippen LogP contribution < -0.4 is 5.32 Å². The monoisotopic (exact) mass is 291 g/mol. The number of alkyl carbamates (subject to hydrolysis) is 1. The van der Waals surface area contributed by atoms with Gasteiger partial charge in [-0.2, -0.15) is 0 Å². The van der Waals surface area contributed by atoms with Gasteiger partial charge in [0.2, 0.25) is 0 Å². The van der Waals surface area contributed by atoms with Crippen molar-refractivity contribution in [2.24, 2.45) is 11.3 Å². The molecule has 5 heteroatoms. The van der Waals surface area contributed by atoms with E-state index in [1.807, 2.05) is 37.3 Å². The molecule has 2 rings (SSSR count). The number of carbonyl (C=O) groups is 2. The van der Waals surface area contributed by atoms with E-state index in [2.05, 4.69) is 12.2 Å². The lowest BCUT2D eigenvalue weighted by Gasteiger charge is -2.24. The lowest BCUT2D eigenvalue weighted by Crippen LogP contribution is -2.42. The van der Waals surface area contributed by atoms with Crippen LogP contribution in [0.15, 0.2) is 30.3 Å². The molecular weight excluding hydrogens is 270 g/mol. The highest BCUT2D eigenvalue weighted by molar-refractivity contribution is 5.71. The van der Waals surface area contributed by atoms with Crippen molar-refractivity contribution in [1.29, 1.82) is 0 Å². The summed E-state index contributed by atoms with van der Waals surface area (Å²) in [6, 6.07) is 8.97. The summed E-state index contributed by atoms with van der Waals surface area (Å²) in [6.45, 7) is 4.24. The van der Waals surface area contributed by atoms with E-state index < -0.39 is 18.1 Å². The van der Waals surface area contributed by atoms with Crippen LogP contribution >= 0.6 is 0 Å². The summed E-state index contributed by atoms with van der Waals surface area (Å²) in [6.07, 6.45) is 0.274. The Bertz CT molecular complexity index is 516. The Balaban J connectivity index is 1.88. The van der Waals surface area contributed by atoms with Crippen LogP contribution in [0.3, 0.4) is 0 Å². The first-order chi connectivity index (χ1) is 9.91. The molecule has 0 aliphatic heterocycles. The summed E-state index contributed by atoms with van der Waals surface area (Å²) in [5.74, 6) is -0.500. The third-order valence-electron chi connectivity index (χ3n) is 4.39. The largest absolute Gasteiger partial charge is 0.481 e. The molecule has 5 nitrogen and oxygen atoms in total. The van der Waals surface area contributed by atoms with Crippen LogP contribution in [0.1, 0.15) is 32.3 Å². The molecular formula is C16H21NO4. The first-order valence-electron chi connectivity index (χ1n) is 7.11. The van der Waals surface area contributed by atoms with Gasteiger partial charge in [0.25, 0.3) is 0 Å². The molecule has 1 aliphatic carbocycles. The van der Waals surface area contributed by atoms with Gasteiger partial charge in [0.15, 0.2) is 0 Å². The van der Waals surface area contributed by atoms with Gasteiger partial charge in [-0.05, 0) is 23.3 Å². The maximum atomic E-state index is 11.9. The zero-order chi connectivity index (χ0) is 15.5. The van der Waals surface area contributed by atoms with Gasteiger partial charge < -0.3 is 15.2 Å².